The molecule has 0 radical (unpaired) electrons. The van der Waals surface area contributed by atoms with Crippen LogP contribution >= 0.6 is 0 Å². The van der Waals surface area contributed by atoms with Crippen LogP contribution in [0.25, 0.3) is 32.8 Å². The summed E-state index contributed by atoms with van der Waals surface area (Å²) in [5.41, 5.74) is 1.95. The van der Waals surface area contributed by atoms with Crippen molar-refractivity contribution in [3.63, 3.8) is 0 Å². The van der Waals surface area contributed by atoms with Crippen molar-refractivity contribution in [3.05, 3.63) is 90.8 Å². The fourth-order valence-electron chi connectivity index (χ4n) is 5.39. The molecular weight excluding hydrogens is 516 g/mol. The molecule has 1 atom stereocenters. The first kappa shape index (κ1) is 24.7. The molecule has 1 aliphatic carbocycles. The number of carbonyl (C=O) groups is 2. The number of hydrogen-bond donors (Lipinski definition) is 3. The van der Waals surface area contributed by atoms with Crippen LogP contribution in [0.1, 0.15) is 18.4 Å². The summed E-state index contributed by atoms with van der Waals surface area (Å²) in [6, 6.07) is 22.3. The number of carbonyl (C=O) groups excluding carboxylic acids is 2. The second kappa shape index (κ2) is 9.72. The van der Waals surface area contributed by atoms with Gasteiger partial charge in [-0.05, 0) is 48.2 Å². The van der Waals surface area contributed by atoms with Gasteiger partial charge in [-0.2, -0.15) is 0 Å². The van der Waals surface area contributed by atoms with E-state index in [9.17, 15) is 14.7 Å². The van der Waals surface area contributed by atoms with Crippen LogP contribution in [0.2, 0.25) is 0 Å². The number of rotatable bonds is 6. The van der Waals surface area contributed by atoms with Crippen molar-refractivity contribution < 1.29 is 19.4 Å². The Labute approximate surface area is 236 Å². The number of hydrogen-bond acceptors (Lipinski definition) is 5. The summed E-state index contributed by atoms with van der Waals surface area (Å²) in [4.78, 5) is 30.2. The van der Waals surface area contributed by atoms with Gasteiger partial charge in [-0.3, -0.25) is 15.1 Å². The lowest BCUT2D eigenvalue weighted by molar-refractivity contribution is -0.124. The lowest BCUT2D eigenvalue weighted by atomic mass is 9.88. The predicted octanol–water partition coefficient (Wildman–Crippen LogP) is 5.09. The zero-order valence-corrected chi connectivity index (χ0v) is 22.1. The van der Waals surface area contributed by atoms with Crippen LogP contribution in [0.3, 0.4) is 0 Å². The number of fused-ring (bicyclic) bond motifs is 2. The maximum Gasteiger partial charge on any atom is 0.322 e. The highest BCUT2D eigenvalue weighted by Gasteiger charge is 2.48. The molecule has 3 aromatic carbocycles. The summed E-state index contributed by atoms with van der Waals surface area (Å²) < 4.78 is 7.34. The Morgan fingerprint density at radius 3 is 2.63 bits per heavy atom. The lowest BCUT2D eigenvalue weighted by Crippen LogP contribution is -2.47. The summed E-state index contributed by atoms with van der Waals surface area (Å²) in [5.74, 6) is 6.79. The van der Waals surface area contributed by atoms with Crippen molar-refractivity contribution in [2.24, 2.45) is 5.92 Å². The van der Waals surface area contributed by atoms with Gasteiger partial charge in [0.05, 0.1) is 12.1 Å². The highest BCUT2D eigenvalue weighted by atomic mass is 16.5. The highest BCUT2D eigenvalue weighted by Crippen LogP contribution is 2.36. The summed E-state index contributed by atoms with van der Waals surface area (Å²) in [7, 11) is 0. The number of benzene rings is 3. The SMILES string of the molecule is O=C1NC(=O)[C@](Cn2cc3ccc(OCC#CC4CC4)cc3c2O)(c2ccc(-c3cccc4cccnc34)cc2)N1. The zero-order valence-electron chi connectivity index (χ0n) is 22.1. The molecule has 8 nitrogen and oxygen atoms in total. The van der Waals surface area contributed by atoms with Gasteiger partial charge in [-0.15, -0.1) is 0 Å². The Kier molecular flexibility index (Phi) is 5.86. The standard InChI is InChI=1S/C33H26N4O4/c38-30-28-18-26(41-17-3-4-21-8-9-21)15-12-24(28)19-37(30)20-33(31(39)35-32(40)36-33)25-13-10-22(11-14-25)27-7-1-5-23-6-2-16-34-29(23)27/h1-2,5-7,10-16,18-19,21,38H,8-9,17,20H2,(H2,35,36,39,40)/t33-/m0/s1. The van der Waals surface area contributed by atoms with Crippen LogP contribution < -0.4 is 15.4 Å². The van der Waals surface area contributed by atoms with E-state index in [1.807, 2.05) is 66.7 Å². The van der Waals surface area contributed by atoms with Crippen molar-refractivity contribution in [3.8, 4) is 34.6 Å². The van der Waals surface area contributed by atoms with Crippen LogP contribution in [0.5, 0.6) is 11.6 Å². The maximum absolute atomic E-state index is 13.3. The molecule has 2 aliphatic rings. The highest BCUT2D eigenvalue weighted by molar-refractivity contribution is 6.07. The first-order valence-electron chi connectivity index (χ1n) is 13.5. The van der Waals surface area contributed by atoms with E-state index in [1.165, 1.54) is 0 Å². The number of aromatic nitrogens is 2. The minimum Gasteiger partial charge on any atom is -0.494 e. The number of pyridine rings is 1. The summed E-state index contributed by atoms with van der Waals surface area (Å²) in [6.45, 7) is 0.271. The summed E-state index contributed by atoms with van der Waals surface area (Å²) in [5, 5.41) is 18.7. The molecular formula is C33H26N4O4. The molecule has 8 heteroatoms. The molecule has 202 valence electrons. The van der Waals surface area contributed by atoms with Crippen LogP contribution in [-0.4, -0.2) is 33.2 Å². The normalized spacial score (nSPS) is 18.1. The third-order valence-electron chi connectivity index (χ3n) is 7.70. The fraction of sp³-hybridized carbons (Fsp3) is 0.182. The summed E-state index contributed by atoms with van der Waals surface area (Å²) >= 11 is 0. The first-order chi connectivity index (χ1) is 20.0. The molecule has 41 heavy (non-hydrogen) atoms. The molecule has 0 spiro atoms. The molecule has 2 aromatic heterocycles. The van der Waals surface area contributed by atoms with E-state index >= 15 is 0 Å². The minimum absolute atomic E-state index is 0.0106. The molecule has 2 fully saturated rings. The third-order valence-corrected chi connectivity index (χ3v) is 7.70. The average Bonchev–Trinajstić information content (AvgIpc) is 3.71. The molecule has 0 unspecified atom stereocenters. The van der Waals surface area contributed by atoms with E-state index < -0.39 is 17.5 Å². The molecule has 3 amide bonds. The first-order valence-corrected chi connectivity index (χ1v) is 13.5. The van der Waals surface area contributed by atoms with Crippen LogP contribution in [-0.2, 0) is 16.9 Å². The molecule has 1 saturated heterocycles. The smallest absolute Gasteiger partial charge is 0.322 e. The van der Waals surface area contributed by atoms with E-state index in [-0.39, 0.29) is 19.0 Å². The van der Waals surface area contributed by atoms with E-state index in [2.05, 4.69) is 27.5 Å². The molecule has 5 aromatic rings. The molecule has 3 N–H and O–H groups in total. The quantitative estimate of drug-likeness (QED) is 0.205. The Balaban J connectivity index is 1.21. The monoisotopic (exact) mass is 542 g/mol. The Morgan fingerprint density at radius 1 is 1.02 bits per heavy atom. The topological polar surface area (TPSA) is 105 Å². The molecule has 1 saturated carbocycles. The number of para-hydroxylation sites is 1. The van der Waals surface area contributed by atoms with E-state index in [4.69, 9.17) is 4.74 Å². The largest absolute Gasteiger partial charge is 0.494 e. The number of ether oxygens (including phenoxy) is 1. The molecule has 1 aliphatic heterocycles. The van der Waals surface area contributed by atoms with Gasteiger partial charge >= 0.3 is 6.03 Å². The number of nitrogens with zero attached hydrogens (tertiary/aromatic N) is 2. The van der Waals surface area contributed by atoms with Gasteiger partial charge in [0.15, 0.2) is 11.4 Å². The van der Waals surface area contributed by atoms with Gasteiger partial charge in [0.2, 0.25) is 0 Å². The lowest BCUT2D eigenvalue weighted by Gasteiger charge is -2.27. The number of urea groups is 1. The fourth-order valence-corrected chi connectivity index (χ4v) is 5.39. The molecule has 0 bridgehead atoms. The Morgan fingerprint density at radius 2 is 1.85 bits per heavy atom. The van der Waals surface area contributed by atoms with Gasteiger partial charge in [0.1, 0.15) is 12.4 Å². The molecule has 7 rings (SSSR count). The van der Waals surface area contributed by atoms with E-state index in [0.717, 1.165) is 40.3 Å². The van der Waals surface area contributed by atoms with Gasteiger partial charge in [0.25, 0.3) is 5.91 Å². The van der Waals surface area contributed by atoms with Crippen molar-refractivity contribution in [2.45, 2.75) is 24.9 Å². The second-order valence-corrected chi connectivity index (χ2v) is 10.5. The Bertz CT molecular complexity index is 1890. The zero-order chi connectivity index (χ0) is 28.0. The third kappa shape index (κ3) is 4.51. The van der Waals surface area contributed by atoms with E-state index in [0.29, 0.717) is 22.6 Å². The Hall–Kier alpha value is -5.29. The predicted molar refractivity (Wildman–Crippen MR) is 155 cm³/mol. The van der Waals surface area contributed by atoms with Gasteiger partial charge in [-0.25, -0.2) is 4.79 Å². The van der Waals surface area contributed by atoms with Crippen LogP contribution in [0, 0.1) is 17.8 Å². The average molecular weight is 543 g/mol. The maximum atomic E-state index is 13.3. The number of amides is 3. The van der Waals surface area contributed by atoms with Gasteiger partial charge < -0.3 is 19.7 Å². The van der Waals surface area contributed by atoms with Crippen LogP contribution in [0.4, 0.5) is 4.79 Å². The second-order valence-electron chi connectivity index (χ2n) is 10.5. The van der Waals surface area contributed by atoms with Crippen molar-refractivity contribution in [1.29, 1.82) is 0 Å². The van der Waals surface area contributed by atoms with Crippen molar-refractivity contribution >= 4 is 33.6 Å². The van der Waals surface area contributed by atoms with Crippen molar-refractivity contribution in [1.82, 2.24) is 20.2 Å². The van der Waals surface area contributed by atoms with Gasteiger partial charge in [0, 0.05) is 40.0 Å². The number of aromatic hydroxyl groups is 1. The molecule has 3 heterocycles. The number of nitrogens with one attached hydrogen (secondary N) is 2. The van der Waals surface area contributed by atoms with Crippen LogP contribution in [0.15, 0.2) is 85.2 Å². The van der Waals surface area contributed by atoms with Gasteiger partial charge in [-0.1, -0.05) is 60.4 Å². The van der Waals surface area contributed by atoms with E-state index in [1.54, 1.807) is 23.0 Å². The number of imide groups is 1. The summed E-state index contributed by atoms with van der Waals surface area (Å²) in [6.07, 6.45) is 5.84. The minimum atomic E-state index is -1.42. The van der Waals surface area contributed by atoms with Crippen molar-refractivity contribution in [2.75, 3.05) is 6.61 Å².